The fraction of sp³-hybridized carbons (Fsp3) is 0.667. The summed E-state index contributed by atoms with van der Waals surface area (Å²) < 4.78 is 10.3. The van der Waals surface area contributed by atoms with Crippen molar-refractivity contribution in [3.05, 3.63) is 0 Å². The van der Waals surface area contributed by atoms with E-state index >= 15 is 0 Å². The van der Waals surface area contributed by atoms with Crippen molar-refractivity contribution >= 4 is 11.9 Å². The zero-order valence-corrected chi connectivity index (χ0v) is 9.30. The third-order valence-corrected chi connectivity index (χ3v) is 2.51. The summed E-state index contributed by atoms with van der Waals surface area (Å²) in [5, 5.41) is 3.16. The number of anilines is 2. The minimum atomic E-state index is 0.140. The molecular weight excluding hydrogens is 210 g/mol. The standard InChI is InChI=1S/C9H15N5O2/c1-5-6(3-4-16-5)11-8-12-7(10)13-9(14-8)15-2/h5-6H,3-4H2,1-2H3,(H3,10,11,12,13,14). The Morgan fingerprint density at radius 2 is 2.25 bits per heavy atom. The minimum Gasteiger partial charge on any atom is -0.467 e. The van der Waals surface area contributed by atoms with Crippen LogP contribution in [0.2, 0.25) is 0 Å². The Labute approximate surface area is 93.4 Å². The molecule has 0 aliphatic carbocycles. The van der Waals surface area contributed by atoms with Gasteiger partial charge in [0.05, 0.1) is 19.3 Å². The van der Waals surface area contributed by atoms with Gasteiger partial charge in [-0.15, -0.1) is 0 Å². The largest absolute Gasteiger partial charge is 0.467 e. The molecule has 2 rings (SSSR count). The van der Waals surface area contributed by atoms with Crippen LogP contribution in [-0.2, 0) is 4.74 Å². The van der Waals surface area contributed by atoms with Crippen LogP contribution in [-0.4, -0.2) is 40.8 Å². The minimum absolute atomic E-state index is 0.140. The van der Waals surface area contributed by atoms with E-state index in [1.165, 1.54) is 7.11 Å². The summed E-state index contributed by atoms with van der Waals surface area (Å²) in [5.74, 6) is 0.563. The highest BCUT2D eigenvalue weighted by molar-refractivity contribution is 5.34. The lowest BCUT2D eigenvalue weighted by atomic mass is 10.2. The van der Waals surface area contributed by atoms with Gasteiger partial charge in [-0.1, -0.05) is 0 Å². The predicted octanol–water partition coefficient (Wildman–Crippen LogP) is 0.0517. The molecule has 1 aliphatic heterocycles. The molecule has 0 saturated carbocycles. The number of nitrogen functional groups attached to an aromatic ring is 1. The first-order valence-corrected chi connectivity index (χ1v) is 5.12. The van der Waals surface area contributed by atoms with Gasteiger partial charge in [-0.05, 0) is 13.3 Å². The maximum atomic E-state index is 5.53. The van der Waals surface area contributed by atoms with Gasteiger partial charge in [0.15, 0.2) is 0 Å². The molecule has 1 fully saturated rings. The average Bonchev–Trinajstić information content (AvgIpc) is 2.63. The second kappa shape index (κ2) is 4.48. The van der Waals surface area contributed by atoms with E-state index in [9.17, 15) is 0 Å². The van der Waals surface area contributed by atoms with Gasteiger partial charge in [-0.25, -0.2) is 0 Å². The molecule has 0 radical (unpaired) electrons. The Kier molecular flexibility index (Phi) is 3.04. The first kappa shape index (κ1) is 10.9. The fourth-order valence-corrected chi connectivity index (χ4v) is 1.62. The van der Waals surface area contributed by atoms with Gasteiger partial charge in [-0.3, -0.25) is 0 Å². The molecule has 0 aromatic carbocycles. The second-order valence-electron chi connectivity index (χ2n) is 3.62. The van der Waals surface area contributed by atoms with Crippen LogP contribution in [0.25, 0.3) is 0 Å². The zero-order valence-electron chi connectivity index (χ0n) is 9.30. The molecule has 0 bridgehead atoms. The maximum Gasteiger partial charge on any atom is 0.322 e. The Morgan fingerprint density at radius 3 is 2.88 bits per heavy atom. The van der Waals surface area contributed by atoms with Gasteiger partial charge in [0, 0.05) is 6.61 Å². The first-order valence-electron chi connectivity index (χ1n) is 5.12. The van der Waals surface area contributed by atoms with Crippen molar-refractivity contribution in [2.45, 2.75) is 25.5 Å². The molecule has 3 N–H and O–H groups in total. The fourth-order valence-electron chi connectivity index (χ4n) is 1.62. The number of hydrogen-bond acceptors (Lipinski definition) is 7. The molecule has 2 atom stereocenters. The van der Waals surface area contributed by atoms with Gasteiger partial charge in [0.1, 0.15) is 0 Å². The van der Waals surface area contributed by atoms with Crippen molar-refractivity contribution in [3.63, 3.8) is 0 Å². The molecule has 1 aromatic heterocycles. The number of aromatic nitrogens is 3. The molecule has 2 heterocycles. The van der Waals surface area contributed by atoms with Crippen molar-refractivity contribution in [3.8, 4) is 6.01 Å². The molecule has 1 aromatic rings. The lowest BCUT2D eigenvalue weighted by Gasteiger charge is -2.15. The summed E-state index contributed by atoms with van der Waals surface area (Å²) in [6, 6.07) is 0.410. The number of nitrogens with zero attached hydrogens (tertiary/aromatic N) is 3. The summed E-state index contributed by atoms with van der Waals surface area (Å²) >= 11 is 0. The number of nitrogens with one attached hydrogen (secondary N) is 1. The molecule has 0 spiro atoms. The van der Waals surface area contributed by atoms with Gasteiger partial charge in [-0.2, -0.15) is 15.0 Å². The van der Waals surface area contributed by atoms with E-state index in [-0.39, 0.29) is 24.1 Å². The van der Waals surface area contributed by atoms with E-state index in [1.54, 1.807) is 0 Å². The highest BCUT2D eigenvalue weighted by Gasteiger charge is 2.24. The molecule has 7 nitrogen and oxygen atoms in total. The molecular formula is C9H15N5O2. The van der Waals surface area contributed by atoms with E-state index in [1.807, 2.05) is 6.92 Å². The van der Waals surface area contributed by atoms with E-state index in [4.69, 9.17) is 15.2 Å². The van der Waals surface area contributed by atoms with Crippen LogP contribution in [0.15, 0.2) is 0 Å². The maximum absolute atomic E-state index is 5.53. The zero-order chi connectivity index (χ0) is 11.5. The van der Waals surface area contributed by atoms with Crippen LogP contribution in [0.3, 0.4) is 0 Å². The number of ether oxygens (including phenoxy) is 2. The van der Waals surface area contributed by atoms with Crippen LogP contribution in [0, 0.1) is 0 Å². The molecule has 7 heteroatoms. The Balaban J connectivity index is 2.11. The van der Waals surface area contributed by atoms with Gasteiger partial charge in [0.25, 0.3) is 0 Å². The van der Waals surface area contributed by atoms with Gasteiger partial charge in [0.2, 0.25) is 11.9 Å². The van der Waals surface area contributed by atoms with Crippen molar-refractivity contribution in [2.24, 2.45) is 0 Å². The quantitative estimate of drug-likeness (QED) is 0.750. The van der Waals surface area contributed by atoms with E-state index < -0.39 is 0 Å². The van der Waals surface area contributed by atoms with Crippen molar-refractivity contribution < 1.29 is 9.47 Å². The number of rotatable bonds is 3. The highest BCUT2D eigenvalue weighted by Crippen LogP contribution is 2.17. The van der Waals surface area contributed by atoms with Crippen molar-refractivity contribution in [1.82, 2.24) is 15.0 Å². The van der Waals surface area contributed by atoms with E-state index in [0.29, 0.717) is 5.95 Å². The van der Waals surface area contributed by atoms with E-state index in [2.05, 4.69) is 20.3 Å². The van der Waals surface area contributed by atoms with Crippen molar-refractivity contribution in [2.75, 3.05) is 24.8 Å². The highest BCUT2D eigenvalue weighted by atomic mass is 16.5. The molecule has 1 aliphatic rings. The molecule has 1 saturated heterocycles. The summed E-state index contributed by atoms with van der Waals surface area (Å²) in [5.41, 5.74) is 5.53. The first-order chi connectivity index (χ1) is 7.69. The predicted molar refractivity (Wildman–Crippen MR) is 58.2 cm³/mol. The number of nitrogens with two attached hydrogens (primary N) is 1. The lowest BCUT2D eigenvalue weighted by Crippen LogP contribution is -2.28. The van der Waals surface area contributed by atoms with Crippen molar-refractivity contribution in [1.29, 1.82) is 0 Å². The molecule has 88 valence electrons. The van der Waals surface area contributed by atoms with Crippen LogP contribution in [0.5, 0.6) is 6.01 Å². The monoisotopic (exact) mass is 225 g/mol. The van der Waals surface area contributed by atoms with Gasteiger partial charge < -0.3 is 20.5 Å². The summed E-state index contributed by atoms with van der Waals surface area (Å²) in [6.45, 7) is 2.75. The molecule has 2 unspecified atom stereocenters. The normalized spacial score (nSPS) is 24.4. The van der Waals surface area contributed by atoms with Crippen LogP contribution in [0.1, 0.15) is 13.3 Å². The van der Waals surface area contributed by atoms with Gasteiger partial charge >= 0.3 is 6.01 Å². The smallest absolute Gasteiger partial charge is 0.322 e. The molecule has 0 amide bonds. The summed E-state index contributed by atoms with van der Waals surface area (Å²) in [7, 11) is 1.49. The SMILES string of the molecule is COc1nc(N)nc(NC2CCOC2C)n1. The number of methoxy groups -OCH3 is 1. The second-order valence-corrected chi connectivity index (χ2v) is 3.62. The van der Waals surface area contributed by atoms with E-state index in [0.717, 1.165) is 13.0 Å². The van der Waals surface area contributed by atoms with Crippen LogP contribution >= 0.6 is 0 Å². The topological polar surface area (TPSA) is 95.2 Å². The third-order valence-electron chi connectivity index (χ3n) is 2.51. The van der Waals surface area contributed by atoms with Crippen LogP contribution in [0.4, 0.5) is 11.9 Å². The summed E-state index contributed by atoms with van der Waals surface area (Å²) in [6.07, 6.45) is 1.07. The number of hydrogen-bond donors (Lipinski definition) is 2. The van der Waals surface area contributed by atoms with Crippen LogP contribution < -0.4 is 15.8 Å². The third kappa shape index (κ3) is 2.30. The molecule has 16 heavy (non-hydrogen) atoms. The lowest BCUT2D eigenvalue weighted by molar-refractivity contribution is 0.121. The summed E-state index contributed by atoms with van der Waals surface area (Å²) in [4.78, 5) is 11.9. The Morgan fingerprint density at radius 1 is 1.44 bits per heavy atom. The Bertz CT molecular complexity index is 373. The Hall–Kier alpha value is -1.63. The average molecular weight is 225 g/mol.